The van der Waals surface area contributed by atoms with Crippen molar-refractivity contribution in [3.63, 3.8) is 0 Å². The number of hydrogen-bond donors (Lipinski definition) is 0. The number of benzene rings is 8. The van der Waals surface area contributed by atoms with Gasteiger partial charge in [0.1, 0.15) is 0 Å². The van der Waals surface area contributed by atoms with E-state index in [0.717, 1.165) is 6.42 Å². The molecular weight excluding hydrogens is 577 g/mol. The first-order chi connectivity index (χ1) is 23.8. The van der Waals surface area contributed by atoms with Crippen molar-refractivity contribution in [2.75, 3.05) is 0 Å². The zero-order valence-electron chi connectivity index (χ0n) is 27.0. The first-order valence-corrected chi connectivity index (χ1v) is 16.9. The molecule has 0 bridgehead atoms. The van der Waals surface area contributed by atoms with Crippen molar-refractivity contribution in [2.24, 2.45) is 0 Å². The minimum absolute atomic E-state index is 0.906. The zero-order chi connectivity index (χ0) is 32.0. The van der Waals surface area contributed by atoms with Gasteiger partial charge >= 0.3 is 0 Å². The molecule has 0 heteroatoms. The highest BCUT2D eigenvalue weighted by molar-refractivity contribution is 6.16. The van der Waals surface area contributed by atoms with Gasteiger partial charge in [-0.2, -0.15) is 0 Å². The molecule has 226 valence electrons. The van der Waals surface area contributed by atoms with Gasteiger partial charge in [-0.1, -0.05) is 158 Å². The molecule has 0 fully saturated rings. The summed E-state index contributed by atoms with van der Waals surface area (Å²) in [7, 11) is 0. The third-order valence-corrected chi connectivity index (χ3v) is 10.0. The molecule has 0 N–H and O–H groups in total. The van der Waals surface area contributed by atoms with E-state index in [1.54, 1.807) is 0 Å². The van der Waals surface area contributed by atoms with E-state index in [-0.39, 0.29) is 0 Å². The van der Waals surface area contributed by atoms with Gasteiger partial charge < -0.3 is 0 Å². The van der Waals surface area contributed by atoms with E-state index in [1.807, 2.05) is 0 Å². The quantitative estimate of drug-likeness (QED) is 0.175. The van der Waals surface area contributed by atoms with Crippen LogP contribution in [-0.4, -0.2) is 0 Å². The Balaban J connectivity index is 1.15. The summed E-state index contributed by atoms with van der Waals surface area (Å²) >= 11 is 0. The van der Waals surface area contributed by atoms with Crippen LogP contribution in [0.1, 0.15) is 30.0 Å². The number of allylic oxidation sites excluding steroid dienone is 5. The summed E-state index contributed by atoms with van der Waals surface area (Å²) in [4.78, 5) is 0. The molecule has 0 nitrogen and oxygen atoms in total. The van der Waals surface area contributed by atoms with Gasteiger partial charge in [-0.15, -0.1) is 0 Å². The van der Waals surface area contributed by atoms with Gasteiger partial charge in [0, 0.05) is 0 Å². The highest BCUT2D eigenvalue weighted by Gasteiger charge is 2.16. The summed E-state index contributed by atoms with van der Waals surface area (Å²) in [6.45, 7) is 2.12. The van der Waals surface area contributed by atoms with E-state index in [2.05, 4.69) is 183 Å². The Kier molecular flexibility index (Phi) is 6.87. The normalized spacial score (nSPS) is 15.7. The van der Waals surface area contributed by atoms with E-state index < -0.39 is 0 Å². The van der Waals surface area contributed by atoms with E-state index >= 15 is 0 Å². The van der Waals surface area contributed by atoms with E-state index in [4.69, 9.17) is 0 Å². The molecule has 48 heavy (non-hydrogen) atoms. The van der Waals surface area contributed by atoms with Crippen molar-refractivity contribution in [1.82, 2.24) is 0 Å². The van der Waals surface area contributed by atoms with Crippen molar-refractivity contribution in [2.45, 2.75) is 13.3 Å². The van der Waals surface area contributed by atoms with Crippen LogP contribution in [0.3, 0.4) is 0 Å². The maximum absolute atomic E-state index is 2.38. The van der Waals surface area contributed by atoms with Crippen LogP contribution in [-0.2, 0) is 0 Å². The van der Waals surface area contributed by atoms with Crippen molar-refractivity contribution < 1.29 is 0 Å². The smallest absolute Gasteiger partial charge is 0.00928 e. The second-order valence-corrected chi connectivity index (χ2v) is 12.7. The van der Waals surface area contributed by atoms with Crippen molar-refractivity contribution in [1.29, 1.82) is 0 Å². The van der Waals surface area contributed by atoms with Gasteiger partial charge in [0.15, 0.2) is 0 Å². The molecule has 8 aromatic rings. The van der Waals surface area contributed by atoms with Gasteiger partial charge in [-0.3, -0.25) is 0 Å². The molecule has 0 atom stereocenters. The Bertz CT molecular complexity index is 2640. The first kappa shape index (κ1) is 28.3. The summed E-state index contributed by atoms with van der Waals surface area (Å²) < 4.78 is 0. The van der Waals surface area contributed by atoms with E-state index in [9.17, 15) is 0 Å². The van der Waals surface area contributed by atoms with Crippen molar-refractivity contribution >= 4 is 54.2 Å². The maximum Gasteiger partial charge on any atom is -0.00928 e. The monoisotopic (exact) mass is 610 g/mol. The summed E-state index contributed by atoms with van der Waals surface area (Å²) in [6.07, 6.45) is 10.0. The second-order valence-electron chi connectivity index (χ2n) is 12.7. The summed E-state index contributed by atoms with van der Waals surface area (Å²) in [5.41, 5.74) is 11.4. The zero-order valence-corrected chi connectivity index (χ0v) is 27.0. The molecular formula is C48H34. The van der Waals surface area contributed by atoms with E-state index in [0.29, 0.717) is 0 Å². The van der Waals surface area contributed by atoms with Crippen LogP contribution in [0.5, 0.6) is 0 Å². The third kappa shape index (κ3) is 4.69. The lowest BCUT2D eigenvalue weighted by Gasteiger charge is -2.18. The molecule has 0 aliphatic heterocycles. The molecule has 9 rings (SSSR count). The fraction of sp³-hybridized carbons (Fsp3) is 0.0417. The summed E-state index contributed by atoms with van der Waals surface area (Å²) in [5.74, 6) is 0. The fourth-order valence-electron chi connectivity index (χ4n) is 7.73. The van der Waals surface area contributed by atoms with Crippen LogP contribution < -0.4 is 0 Å². The first-order valence-electron chi connectivity index (χ1n) is 16.9. The van der Waals surface area contributed by atoms with Gasteiger partial charge in [0.25, 0.3) is 0 Å². The molecule has 0 heterocycles. The Morgan fingerprint density at radius 2 is 0.979 bits per heavy atom. The molecule has 0 saturated carbocycles. The molecule has 0 spiro atoms. The second kappa shape index (κ2) is 11.7. The van der Waals surface area contributed by atoms with Gasteiger partial charge in [0.2, 0.25) is 0 Å². The Morgan fingerprint density at radius 1 is 0.417 bits per heavy atom. The summed E-state index contributed by atoms with van der Waals surface area (Å²) in [5, 5.41) is 10.2. The minimum Gasteiger partial charge on any atom is -0.0801 e. The predicted molar refractivity (Wildman–Crippen MR) is 208 cm³/mol. The molecule has 0 amide bonds. The van der Waals surface area contributed by atoms with Crippen LogP contribution in [0.2, 0.25) is 0 Å². The van der Waals surface area contributed by atoms with E-state index in [1.165, 1.54) is 93.2 Å². The van der Waals surface area contributed by atoms with Crippen LogP contribution in [0.25, 0.3) is 76.5 Å². The molecule has 1 aliphatic rings. The molecule has 8 aromatic carbocycles. The third-order valence-electron chi connectivity index (χ3n) is 10.0. The van der Waals surface area contributed by atoms with Crippen molar-refractivity contribution in [3.8, 4) is 22.3 Å². The lowest BCUT2D eigenvalue weighted by molar-refractivity contribution is 1.36. The van der Waals surface area contributed by atoms with Crippen LogP contribution in [0.4, 0.5) is 0 Å². The maximum atomic E-state index is 2.38. The van der Waals surface area contributed by atoms with Gasteiger partial charge in [-0.25, -0.2) is 0 Å². The van der Waals surface area contributed by atoms with Gasteiger partial charge in [0.05, 0.1) is 0 Å². The molecule has 1 aliphatic carbocycles. The Labute approximate surface area is 281 Å². The van der Waals surface area contributed by atoms with Crippen LogP contribution in [0, 0.1) is 0 Å². The van der Waals surface area contributed by atoms with Crippen LogP contribution in [0.15, 0.2) is 176 Å². The minimum atomic E-state index is 0.906. The lowest BCUT2D eigenvalue weighted by Crippen LogP contribution is -1.97. The average Bonchev–Trinajstić information content (AvgIpc) is 3.14. The molecule has 0 unspecified atom stereocenters. The fourth-order valence-corrected chi connectivity index (χ4v) is 7.73. The lowest BCUT2D eigenvalue weighted by atomic mass is 9.85. The standard InChI is InChI=1S/C48H34/c1-2-32-13-3-6-21-46(42-19-8-7-17-38(32)42)44-23-11-15-35-29-33(25-27-40(35)44)34-26-28-41-36(30-34)16-12-24-45(41)48-31-37-14-4-5-18-39(37)43-20-9-10-22-47(43)48/h2-5,7-31H,6H2,1H3/b13-3-,32-2+,46-21+. The Hall–Kier alpha value is -5.98. The summed E-state index contributed by atoms with van der Waals surface area (Å²) in [6, 6.07) is 56.1. The molecule has 0 aromatic heterocycles. The average molecular weight is 611 g/mol. The highest BCUT2D eigenvalue weighted by atomic mass is 14.2. The predicted octanol–water partition coefficient (Wildman–Crippen LogP) is 13.4. The molecule has 0 radical (unpaired) electrons. The van der Waals surface area contributed by atoms with Gasteiger partial charge in [-0.05, 0) is 125 Å². The SMILES string of the molecule is C/C=C1\C=C/C/C=C(/c2cccc3cc(-c4ccc5c(-c6cc7ccccc7c7ccccc67)cccc5c4)ccc23)c2ccccc21. The number of hydrogen-bond acceptors (Lipinski definition) is 0. The number of rotatable bonds is 3. The van der Waals surface area contributed by atoms with Crippen LogP contribution >= 0.6 is 0 Å². The van der Waals surface area contributed by atoms with Crippen molar-refractivity contribution in [3.05, 3.63) is 193 Å². The number of fused-ring (bicyclic) bond motifs is 6. The Morgan fingerprint density at radius 3 is 1.73 bits per heavy atom. The topological polar surface area (TPSA) is 0 Å². The molecule has 0 saturated heterocycles. The largest absolute Gasteiger partial charge is 0.0801 e. The highest BCUT2D eigenvalue weighted by Crippen LogP contribution is 2.40.